The third-order valence-electron chi connectivity index (χ3n) is 2.92. The number of carbonyl (C=O) groups excluding carboxylic acids is 2. The summed E-state index contributed by atoms with van der Waals surface area (Å²) in [5.41, 5.74) is 0. The second-order valence-electron chi connectivity index (χ2n) is 4.91. The lowest BCUT2D eigenvalue weighted by molar-refractivity contribution is -0.171. The summed E-state index contributed by atoms with van der Waals surface area (Å²) < 4.78 is 47.9. The minimum absolute atomic E-state index is 0.420. The Morgan fingerprint density at radius 3 is 2.05 bits per heavy atom. The number of hydrogen-bond donors (Lipinski definition) is 1. The summed E-state index contributed by atoms with van der Waals surface area (Å²) in [7, 11) is 2.50. The normalized spacial score (nSPS) is 14.5. The fourth-order valence-electron chi connectivity index (χ4n) is 1.68. The van der Waals surface area contributed by atoms with Gasteiger partial charge in [-0.25, -0.2) is 0 Å². The van der Waals surface area contributed by atoms with Crippen molar-refractivity contribution in [3.63, 3.8) is 0 Å². The Morgan fingerprint density at radius 1 is 1.23 bits per heavy atom. The first-order chi connectivity index (χ1) is 10.1. The van der Waals surface area contributed by atoms with Crippen molar-refractivity contribution in [2.24, 2.45) is 11.8 Å². The summed E-state index contributed by atoms with van der Waals surface area (Å²) in [4.78, 5) is 23.6. The van der Waals surface area contributed by atoms with Crippen molar-refractivity contribution in [2.75, 3.05) is 14.2 Å². The van der Waals surface area contributed by atoms with Gasteiger partial charge in [0.2, 0.25) is 5.91 Å². The molecule has 0 aliphatic heterocycles. The fraction of sp³-hybridized carbons (Fsp3) is 0.769. The second kappa shape index (κ2) is 8.70. The third-order valence-corrected chi connectivity index (χ3v) is 2.92. The van der Waals surface area contributed by atoms with E-state index in [0.29, 0.717) is 0 Å². The summed E-state index contributed by atoms with van der Waals surface area (Å²) >= 11 is 0. The first kappa shape index (κ1) is 20.3. The van der Waals surface area contributed by atoms with Crippen molar-refractivity contribution in [1.29, 1.82) is 5.26 Å². The molecule has 0 rings (SSSR count). The molecule has 1 amide bonds. The van der Waals surface area contributed by atoms with Crippen LogP contribution in [0.1, 0.15) is 20.3 Å². The molecule has 22 heavy (non-hydrogen) atoms. The van der Waals surface area contributed by atoms with Crippen LogP contribution >= 0.6 is 0 Å². The number of amides is 1. The Hall–Kier alpha value is -1.66. The molecule has 0 aromatic carbocycles. The van der Waals surface area contributed by atoms with E-state index in [1.54, 1.807) is 5.32 Å². The van der Waals surface area contributed by atoms with Crippen LogP contribution in [0, 0.1) is 23.2 Å². The van der Waals surface area contributed by atoms with Crippen LogP contribution < -0.4 is 5.32 Å². The quantitative estimate of drug-likeness (QED) is 0.539. The van der Waals surface area contributed by atoms with Gasteiger partial charge in [-0.1, -0.05) is 13.8 Å². The summed E-state index contributed by atoms with van der Waals surface area (Å²) in [5, 5.41) is 10.6. The molecule has 0 aliphatic carbocycles. The molecule has 0 radical (unpaired) electrons. The van der Waals surface area contributed by atoms with Crippen molar-refractivity contribution in [3.8, 4) is 6.07 Å². The Morgan fingerprint density at radius 2 is 1.73 bits per heavy atom. The monoisotopic (exact) mass is 324 g/mol. The molecular weight excluding hydrogens is 305 g/mol. The molecule has 0 spiro atoms. The number of nitrogens with one attached hydrogen (secondary N) is 1. The maximum Gasteiger partial charge on any atom is 0.408 e. The lowest BCUT2D eigenvalue weighted by Gasteiger charge is -2.25. The first-order valence-corrected chi connectivity index (χ1v) is 6.43. The van der Waals surface area contributed by atoms with E-state index >= 15 is 0 Å². The summed E-state index contributed by atoms with van der Waals surface area (Å²) in [6.07, 6.45) is -6.06. The first-order valence-electron chi connectivity index (χ1n) is 6.43. The second-order valence-corrected chi connectivity index (χ2v) is 4.91. The number of ether oxygens (including phenoxy) is 2. The third kappa shape index (κ3) is 5.99. The standard InChI is InChI=1S/C13H19F3N2O4/c1-7(2)11(13(14,15)16)18-12(20)8(6-17)9(19)5-10(21-3)22-4/h7-8,10-11H,5H2,1-4H3,(H,18,20). The zero-order valence-corrected chi connectivity index (χ0v) is 12.7. The zero-order chi connectivity index (χ0) is 17.5. The number of hydrogen-bond acceptors (Lipinski definition) is 5. The molecule has 0 bridgehead atoms. The van der Waals surface area contributed by atoms with Gasteiger partial charge >= 0.3 is 6.18 Å². The SMILES string of the molecule is COC(CC(=O)C(C#N)C(=O)NC(C(C)C)C(F)(F)F)OC. The van der Waals surface area contributed by atoms with Gasteiger partial charge in [-0.05, 0) is 5.92 Å². The van der Waals surface area contributed by atoms with Crippen LogP contribution in [0.3, 0.4) is 0 Å². The van der Waals surface area contributed by atoms with Crippen molar-refractivity contribution >= 4 is 11.7 Å². The lowest BCUT2D eigenvalue weighted by atomic mass is 9.99. The molecule has 0 heterocycles. The summed E-state index contributed by atoms with van der Waals surface area (Å²) in [6.45, 7) is 2.54. The van der Waals surface area contributed by atoms with Gasteiger partial charge in [-0.3, -0.25) is 9.59 Å². The van der Waals surface area contributed by atoms with Gasteiger partial charge in [0.25, 0.3) is 0 Å². The highest BCUT2D eigenvalue weighted by atomic mass is 19.4. The number of carbonyl (C=O) groups is 2. The zero-order valence-electron chi connectivity index (χ0n) is 12.7. The van der Waals surface area contributed by atoms with Crippen LogP contribution in [0.5, 0.6) is 0 Å². The number of nitriles is 1. The van der Waals surface area contributed by atoms with Crippen LogP contribution in [0.25, 0.3) is 0 Å². The van der Waals surface area contributed by atoms with Crippen LogP contribution in [0.2, 0.25) is 0 Å². The number of methoxy groups -OCH3 is 2. The van der Waals surface area contributed by atoms with E-state index in [0.717, 1.165) is 0 Å². The predicted octanol–water partition coefficient (Wildman–Crippen LogP) is 1.41. The van der Waals surface area contributed by atoms with Crippen molar-refractivity contribution < 1.29 is 32.2 Å². The van der Waals surface area contributed by atoms with E-state index in [1.807, 2.05) is 0 Å². The maximum absolute atomic E-state index is 12.8. The van der Waals surface area contributed by atoms with E-state index in [1.165, 1.54) is 34.1 Å². The molecule has 126 valence electrons. The summed E-state index contributed by atoms with van der Waals surface area (Å²) in [6, 6.07) is -0.724. The average molecular weight is 324 g/mol. The topological polar surface area (TPSA) is 88.4 Å². The number of rotatable bonds is 8. The average Bonchev–Trinajstić information content (AvgIpc) is 2.41. The van der Waals surface area contributed by atoms with Gasteiger partial charge < -0.3 is 14.8 Å². The van der Waals surface area contributed by atoms with Crippen molar-refractivity contribution in [2.45, 2.75) is 38.8 Å². The van der Waals surface area contributed by atoms with Gasteiger partial charge in [-0.15, -0.1) is 0 Å². The molecule has 0 fully saturated rings. The van der Waals surface area contributed by atoms with Gasteiger partial charge in [0.15, 0.2) is 18.0 Å². The number of Topliss-reactive ketones (excluding diaryl/α,β-unsaturated/α-hetero) is 1. The molecule has 0 aromatic heterocycles. The van der Waals surface area contributed by atoms with Crippen molar-refractivity contribution in [1.82, 2.24) is 5.32 Å². The smallest absolute Gasteiger partial charge is 0.355 e. The van der Waals surface area contributed by atoms with Gasteiger partial charge in [0, 0.05) is 14.2 Å². The van der Waals surface area contributed by atoms with Gasteiger partial charge in [-0.2, -0.15) is 18.4 Å². The predicted molar refractivity (Wildman–Crippen MR) is 69.4 cm³/mol. The maximum atomic E-state index is 12.8. The Kier molecular flexibility index (Phi) is 8.05. The van der Waals surface area contributed by atoms with Crippen LogP contribution in [-0.2, 0) is 19.1 Å². The minimum Gasteiger partial charge on any atom is -0.355 e. The van der Waals surface area contributed by atoms with Crippen LogP contribution in [-0.4, -0.2) is 44.4 Å². The Balaban J connectivity index is 4.99. The van der Waals surface area contributed by atoms with E-state index < -0.39 is 48.5 Å². The van der Waals surface area contributed by atoms with E-state index in [9.17, 15) is 22.8 Å². The molecular formula is C13H19F3N2O4. The van der Waals surface area contributed by atoms with Crippen LogP contribution in [0.15, 0.2) is 0 Å². The molecule has 6 nitrogen and oxygen atoms in total. The molecule has 9 heteroatoms. The molecule has 2 atom stereocenters. The Labute approximate surface area is 126 Å². The van der Waals surface area contributed by atoms with E-state index in [2.05, 4.69) is 0 Å². The fourth-order valence-corrected chi connectivity index (χ4v) is 1.68. The van der Waals surface area contributed by atoms with Gasteiger partial charge in [0.05, 0.1) is 12.5 Å². The van der Waals surface area contributed by atoms with E-state index in [4.69, 9.17) is 14.7 Å². The molecule has 0 aromatic rings. The highest BCUT2D eigenvalue weighted by Crippen LogP contribution is 2.25. The lowest BCUT2D eigenvalue weighted by Crippen LogP contribution is -2.51. The largest absolute Gasteiger partial charge is 0.408 e. The number of alkyl halides is 3. The molecule has 1 N–H and O–H groups in total. The molecule has 2 unspecified atom stereocenters. The van der Waals surface area contributed by atoms with Crippen molar-refractivity contribution in [3.05, 3.63) is 0 Å². The minimum atomic E-state index is -4.67. The highest BCUT2D eigenvalue weighted by molar-refractivity contribution is 6.04. The van der Waals surface area contributed by atoms with Crippen LogP contribution in [0.4, 0.5) is 13.2 Å². The van der Waals surface area contributed by atoms with Gasteiger partial charge in [0.1, 0.15) is 6.04 Å². The molecule has 0 saturated heterocycles. The highest BCUT2D eigenvalue weighted by Gasteiger charge is 2.44. The number of halogens is 3. The molecule has 0 saturated carbocycles. The summed E-state index contributed by atoms with van der Waals surface area (Å²) in [5.74, 6) is -4.95. The number of nitrogens with zero attached hydrogens (tertiary/aromatic N) is 1. The van der Waals surface area contributed by atoms with E-state index in [-0.39, 0.29) is 0 Å². The number of ketones is 1. The Bertz CT molecular complexity index is 428. The molecule has 0 aliphatic rings.